The van der Waals surface area contributed by atoms with Crippen LogP contribution in [0.5, 0.6) is 0 Å². The summed E-state index contributed by atoms with van der Waals surface area (Å²) >= 11 is 6.10. The summed E-state index contributed by atoms with van der Waals surface area (Å²) in [7, 11) is 0. The fourth-order valence-electron chi connectivity index (χ4n) is 3.51. The van der Waals surface area contributed by atoms with Gasteiger partial charge in [-0.15, -0.1) is 0 Å². The molecule has 0 radical (unpaired) electrons. The molecule has 9 heteroatoms. The third kappa shape index (κ3) is 5.05. The zero-order chi connectivity index (χ0) is 22.1. The van der Waals surface area contributed by atoms with E-state index >= 15 is 0 Å². The van der Waals surface area contributed by atoms with Crippen molar-refractivity contribution in [1.29, 1.82) is 0 Å². The molecule has 0 saturated carbocycles. The van der Waals surface area contributed by atoms with Crippen LogP contribution in [-0.4, -0.2) is 49.1 Å². The average molecular weight is 440 g/mol. The smallest absolute Gasteiger partial charge is 0.366 e. The van der Waals surface area contributed by atoms with Crippen LogP contribution in [0.1, 0.15) is 21.5 Å². The first-order chi connectivity index (χ1) is 14.0. The summed E-state index contributed by atoms with van der Waals surface area (Å²) in [6, 6.07) is 10.5. The van der Waals surface area contributed by atoms with Gasteiger partial charge in [-0.25, -0.2) is 0 Å². The Balaban J connectivity index is 1.78. The van der Waals surface area contributed by atoms with Crippen LogP contribution in [0.15, 0.2) is 36.4 Å². The Labute approximate surface area is 177 Å². The number of hydrogen-bond acceptors (Lipinski definition) is 3. The van der Waals surface area contributed by atoms with Crippen LogP contribution in [0.3, 0.4) is 0 Å². The molecule has 0 atom stereocenters. The number of halogens is 4. The number of anilines is 2. The van der Waals surface area contributed by atoms with Gasteiger partial charge in [0.05, 0.1) is 11.4 Å². The monoisotopic (exact) mass is 439 g/mol. The van der Waals surface area contributed by atoms with Crippen molar-refractivity contribution in [2.45, 2.75) is 20.0 Å². The molecule has 0 unspecified atom stereocenters. The zero-order valence-corrected chi connectivity index (χ0v) is 17.3. The van der Waals surface area contributed by atoms with Crippen molar-refractivity contribution in [3.63, 3.8) is 0 Å². The Kier molecular flexibility index (Phi) is 6.26. The van der Waals surface area contributed by atoms with Crippen molar-refractivity contribution in [2.75, 3.05) is 36.4 Å². The van der Waals surface area contributed by atoms with Gasteiger partial charge < -0.3 is 15.1 Å². The maximum atomic E-state index is 12.8. The molecule has 2 amide bonds. The van der Waals surface area contributed by atoms with Gasteiger partial charge in [0.15, 0.2) is 0 Å². The summed E-state index contributed by atoms with van der Waals surface area (Å²) in [5, 5.41) is 3.27. The van der Waals surface area contributed by atoms with Crippen LogP contribution in [0.25, 0.3) is 0 Å². The molecule has 0 aliphatic carbocycles. The van der Waals surface area contributed by atoms with Crippen LogP contribution < -0.4 is 10.2 Å². The van der Waals surface area contributed by atoms with Crippen LogP contribution in [0.4, 0.5) is 24.5 Å². The number of alkyl halides is 3. The number of amides is 2. The van der Waals surface area contributed by atoms with E-state index < -0.39 is 12.1 Å². The van der Waals surface area contributed by atoms with Crippen molar-refractivity contribution < 1.29 is 22.8 Å². The second-order valence-electron chi connectivity index (χ2n) is 7.27. The Morgan fingerprint density at radius 3 is 2.13 bits per heavy atom. The van der Waals surface area contributed by atoms with E-state index in [-0.39, 0.29) is 32.1 Å². The van der Waals surface area contributed by atoms with Crippen LogP contribution in [0, 0.1) is 13.8 Å². The van der Waals surface area contributed by atoms with Gasteiger partial charge in [-0.1, -0.05) is 28.8 Å². The van der Waals surface area contributed by atoms with Crippen molar-refractivity contribution in [2.24, 2.45) is 0 Å². The molecule has 3 rings (SSSR count). The molecule has 160 valence electrons. The molecule has 0 spiro atoms. The fraction of sp³-hybridized carbons (Fsp3) is 0.333. The van der Waals surface area contributed by atoms with E-state index in [0.717, 1.165) is 16.0 Å². The molecule has 1 heterocycles. The Hall–Kier alpha value is -2.74. The lowest BCUT2D eigenvalue weighted by Gasteiger charge is -2.37. The quantitative estimate of drug-likeness (QED) is 0.770. The van der Waals surface area contributed by atoms with E-state index in [0.29, 0.717) is 22.0 Å². The summed E-state index contributed by atoms with van der Waals surface area (Å²) in [6.45, 7) is 4.08. The third-order valence-electron chi connectivity index (χ3n) is 4.84. The number of nitrogens with one attached hydrogen (secondary N) is 1. The number of aryl methyl sites for hydroxylation is 2. The lowest BCUT2D eigenvalue weighted by atomic mass is 10.1. The van der Waals surface area contributed by atoms with E-state index in [1.165, 1.54) is 0 Å². The van der Waals surface area contributed by atoms with Gasteiger partial charge in [0.1, 0.15) is 0 Å². The predicted octanol–water partition coefficient (Wildman–Crippen LogP) is 4.42. The second-order valence-corrected chi connectivity index (χ2v) is 7.71. The van der Waals surface area contributed by atoms with Crippen LogP contribution in [-0.2, 0) is 4.79 Å². The normalized spacial score (nSPS) is 14.6. The Bertz CT molecular complexity index is 950. The molecule has 1 aliphatic rings. The van der Waals surface area contributed by atoms with Gasteiger partial charge in [0, 0.05) is 36.8 Å². The van der Waals surface area contributed by atoms with Gasteiger partial charge in [-0.2, -0.15) is 13.2 Å². The predicted molar refractivity (Wildman–Crippen MR) is 110 cm³/mol. The van der Waals surface area contributed by atoms with E-state index in [2.05, 4.69) is 5.32 Å². The molecule has 30 heavy (non-hydrogen) atoms. The zero-order valence-electron chi connectivity index (χ0n) is 16.5. The minimum Gasteiger partial charge on any atom is -0.366 e. The first-order valence-corrected chi connectivity index (χ1v) is 9.72. The van der Waals surface area contributed by atoms with Gasteiger partial charge in [0.2, 0.25) is 0 Å². The molecule has 1 fully saturated rings. The minimum absolute atomic E-state index is 0.0641. The van der Waals surface area contributed by atoms with E-state index in [4.69, 9.17) is 11.6 Å². The van der Waals surface area contributed by atoms with Crippen molar-refractivity contribution in [3.8, 4) is 0 Å². The molecular weight excluding hydrogens is 419 g/mol. The Morgan fingerprint density at radius 1 is 0.967 bits per heavy atom. The van der Waals surface area contributed by atoms with E-state index in [1.807, 2.05) is 24.8 Å². The molecule has 0 bridgehead atoms. The second kappa shape index (κ2) is 8.55. The van der Waals surface area contributed by atoms with Crippen LogP contribution in [0.2, 0.25) is 5.02 Å². The highest BCUT2D eigenvalue weighted by Crippen LogP contribution is 2.31. The minimum atomic E-state index is -4.88. The summed E-state index contributed by atoms with van der Waals surface area (Å²) in [5.41, 5.74) is 3.51. The molecule has 5 nitrogen and oxygen atoms in total. The first-order valence-electron chi connectivity index (χ1n) is 9.35. The van der Waals surface area contributed by atoms with Crippen molar-refractivity contribution in [3.05, 3.63) is 58.1 Å². The number of carbonyl (C=O) groups excluding carboxylic acids is 2. The standard InChI is InChI=1S/C21H21ClF3N3O2/c1-13-9-14(2)11-15(10-13)19(29)26-17-12-16(22)3-4-18(17)27-5-7-28(8-6-27)20(30)21(23,24)25/h3-4,9-12H,5-8H2,1-2H3,(H,26,29). The van der Waals surface area contributed by atoms with Gasteiger partial charge in [-0.3, -0.25) is 9.59 Å². The van der Waals surface area contributed by atoms with E-state index in [9.17, 15) is 22.8 Å². The maximum Gasteiger partial charge on any atom is 0.471 e. The molecule has 1 N–H and O–H groups in total. The number of carbonyl (C=O) groups is 2. The lowest BCUT2D eigenvalue weighted by molar-refractivity contribution is -0.185. The van der Waals surface area contributed by atoms with Gasteiger partial charge in [-0.05, 0) is 44.2 Å². The molecule has 0 aromatic heterocycles. The Morgan fingerprint density at radius 2 is 1.57 bits per heavy atom. The lowest BCUT2D eigenvalue weighted by Crippen LogP contribution is -2.52. The van der Waals surface area contributed by atoms with E-state index in [1.54, 1.807) is 30.3 Å². The summed E-state index contributed by atoms with van der Waals surface area (Å²) < 4.78 is 38.0. The molecule has 2 aromatic carbocycles. The number of benzene rings is 2. The van der Waals surface area contributed by atoms with Crippen LogP contribution >= 0.6 is 11.6 Å². The maximum absolute atomic E-state index is 12.8. The summed E-state index contributed by atoms with van der Waals surface area (Å²) in [6.07, 6.45) is -4.88. The highest BCUT2D eigenvalue weighted by atomic mass is 35.5. The number of rotatable bonds is 3. The topological polar surface area (TPSA) is 52.7 Å². The van der Waals surface area contributed by atoms with Gasteiger partial charge in [0.25, 0.3) is 5.91 Å². The molecule has 1 aliphatic heterocycles. The third-order valence-corrected chi connectivity index (χ3v) is 5.08. The highest BCUT2D eigenvalue weighted by molar-refractivity contribution is 6.31. The van der Waals surface area contributed by atoms with Gasteiger partial charge >= 0.3 is 12.1 Å². The van der Waals surface area contributed by atoms with Crippen molar-refractivity contribution >= 4 is 34.8 Å². The summed E-state index contributed by atoms with van der Waals surface area (Å²) in [5.74, 6) is -2.14. The molecular formula is C21H21ClF3N3O2. The first kappa shape index (κ1) is 22.0. The largest absolute Gasteiger partial charge is 0.471 e. The molecule has 1 saturated heterocycles. The number of hydrogen-bond donors (Lipinski definition) is 1. The number of nitrogens with zero attached hydrogens (tertiary/aromatic N) is 2. The fourth-order valence-corrected chi connectivity index (χ4v) is 3.69. The SMILES string of the molecule is Cc1cc(C)cc(C(=O)Nc2cc(Cl)ccc2N2CCN(C(=O)C(F)(F)F)CC2)c1. The number of piperazine rings is 1. The molecule has 2 aromatic rings. The van der Waals surface area contributed by atoms with Crippen molar-refractivity contribution in [1.82, 2.24) is 4.90 Å². The average Bonchev–Trinajstić information content (AvgIpc) is 2.66. The highest BCUT2D eigenvalue weighted by Gasteiger charge is 2.43. The summed E-state index contributed by atoms with van der Waals surface area (Å²) in [4.78, 5) is 26.8.